The largest absolute Gasteiger partial charge is 0.333 e. The van der Waals surface area contributed by atoms with Crippen LogP contribution in [-0.2, 0) is 0 Å². The van der Waals surface area contributed by atoms with Crippen molar-refractivity contribution in [1.29, 1.82) is 0 Å². The van der Waals surface area contributed by atoms with Gasteiger partial charge in [0.2, 0.25) is 0 Å². The van der Waals surface area contributed by atoms with Gasteiger partial charge in [-0.3, -0.25) is 0 Å². The predicted molar refractivity (Wildman–Crippen MR) is 82.0 cm³/mol. The van der Waals surface area contributed by atoms with Crippen LogP contribution in [-0.4, -0.2) is 14.1 Å². The molecule has 0 saturated carbocycles. The van der Waals surface area contributed by atoms with Gasteiger partial charge in [-0.2, -0.15) is 0 Å². The van der Waals surface area contributed by atoms with Crippen molar-refractivity contribution in [3.63, 3.8) is 0 Å². The molecule has 0 amide bonds. The molecule has 2 heteroatoms. The minimum absolute atomic E-state index is 1.34. The maximum atomic E-state index is 4.50. The molecule has 4 N–H and O–H groups in total. The van der Waals surface area contributed by atoms with Gasteiger partial charge < -0.3 is 11.5 Å². The maximum Gasteiger partial charge on any atom is -0.0195 e. The molecule has 0 aliphatic heterocycles. The summed E-state index contributed by atoms with van der Waals surface area (Å²) in [5, 5.41) is 0. The minimum atomic E-state index is 1.34. The van der Waals surface area contributed by atoms with Crippen LogP contribution < -0.4 is 11.5 Å². The van der Waals surface area contributed by atoms with Crippen molar-refractivity contribution in [1.82, 2.24) is 0 Å². The van der Waals surface area contributed by atoms with E-state index in [-0.39, 0.29) is 0 Å². The molecule has 0 aromatic carbocycles. The van der Waals surface area contributed by atoms with Crippen molar-refractivity contribution in [3.05, 3.63) is 0 Å². The van der Waals surface area contributed by atoms with Crippen LogP contribution >= 0.6 is 0 Å². The van der Waals surface area contributed by atoms with E-state index in [1.165, 1.54) is 52.6 Å². The molecule has 0 aliphatic rings. The second-order valence-electron chi connectivity index (χ2n) is 2.71. The third kappa shape index (κ3) is 151. The van der Waals surface area contributed by atoms with Crippen molar-refractivity contribution >= 4 is 0 Å². The van der Waals surface area contributed by atoms with E-state index in [1.54, 1.807) is 0 Å². The first-order chi connectivity index (χ1) is 7.83. The normalized spacial score (nSPS) is 6.38. The molecule has 16 heavy (non-hydrogen) atoms. The van der Waals surface area contributed by atoms with Crippen LogP contribution in [0.1, 0.15) is 80.1 Å². The Kier molecular flexibility index (Phi) is 153. The van der Waals surface area contributed by atoms with Crippen LogP contribution in [0.2, 0.25) is 0 Å². The molecule has 2 nitrogen and oxygen atoms in total. The quantitative estimate of drug-likeness (QED) is 0.751. The Bertz CT molecular complexity index is 29.7. The highest BCUT2D eigenvalue weighted by Crippen LogP contribution is 1.88. The summed E-state index contributed by atoms with van der Waals surface area (Å²) >= 11 is 0. The number of nitrogens with two attached hydrogens (primary N) is 2. The summed E-state index contributed by atoms with van der Waals surface area (Å²) in [6, 6.07) is 0. The van der Waals surface area contributed by atoms with Gasteiger partial charge in [0.25, 0.3) is 0 Å². The summed E-state index contributed by atoms with van der Waals surface area (Å²) in [6.07, 6.45) is 8.15. The molecule has 0 heterocycles. The first kappa shape index (κ1) is 29.7. The molecule has 0 rings (SSSR count). The van der Waals surface area contributed by atoms with E-state index < -0.39 is 0 Å². The second-order valence-corrected chi connectivity index (χ2v) is 2.71. The summed E-state index contributed by atoms with van der Waals surface area (Å²) in [4.78, 5) is 0. The first-order valence-electron chi connectivity index (χ1n) is 6.98. The average Bonchev–Trinajstić information content (AvgIpc) is 2.39. The summed E-state index contributed by atoms with van der Waals surface area (Å²) in [5.41, 5.74) is 9.00. The van der Waals surface area contributed by atoms with Crippen LogP contribution in [0.25, 0.3) is 0 Å². The van der Waals surface area contributed by atoms with Crippen LogP contribution in [0.15, 0.2) is 0 Å². The lowest BCUT2D eigenvalue weighted by Gasteiger charge is -1.79. The lowest BCUT2D eigenvalue weighted by Crippen LogP contribution is -1.69. The molecule has 0 radical (unpaired) electrons. The highest BCUT2D eigenvalue weighted by molar-refractivity contribution is 4.24. The molecule has 0 fully saturated rings. The smallest absolute Gasteiger partial charge is 0.0195 e. The van der Waals surface area contributed by atoms with Crippen molar-refractivity contribution in [2.24, 2.45) is 11.5 Å². The Hall–Kier alpha value is -0.0800. The predicted octanol–water partition coefficient (Wildman–Crippen LogP) is 4.57. The highest BCUT2D eigenvalue weighted by Gasteiger charge is 1.68. The van der Waals surface area contributed by atoms with Crippen LogP contribution in [0.5, 0.6) is 0 Å². The van der Waals surface area contributed by atoms with Crippen molar-refractivity contribution in [2.45, 2.75) is 80.1 Å². The van der Waals surface area contributed by atoms with E-state index in [0.29, 0.717) is 0 Å². The van der Waals surface area contributed by atoms with Crippen LogP contribution in [0, 0.1) is 0 Å². The maximum absolute atomic E-state index is 4.50. The molecular weight excluding hydrogens is 196 g/mol. The number of hydrogen-bond acceptors (Lipinski definition) is 2. The molecule has 0 aromatic heterocycles. The molecule has 0 bridgehead atoms. The molecule has 0 saturated heterocycles. The van der Waals surface area contributed by atoms with Gasteiger partial charge in [-0.05, 0) is 14.1 Å². The van der Waals surface area contributed by atoms with E-state index in [0.717, 1.165) is 0 Å². The van der Waals surface area contributed by atoms with Crippen molar-refractivity contribution in [3.8, 4) is 0 Å². The second kappa shape index (κ2) is 82.5. The summed E-state index contributed by atoms with van der Waals surface area (Å²) in [7, 11) is 3.00. The van der Waals surface area contributed by atoms with E-state index in [9.17, 15) is 0 Å². The van der Waals surface area contributed by atoms with E-state index in [1.807, 2.05) is 13.8 Å². The minimum Gasteiger partial charge on any atom is -0.333 e. The topological polar surface area (TPSA) is 52.0 Å². The number of rotatable bonds is 4. The summed E-state index contributed by atoms with van der Waals surface area (Å²) in [5.74, 6) is 0. The molecule has 106 valence electrons. The Morgan fingerprint density at radius 3 is 0.625 bits per heavy atom. The van der Waals surface area contributed by atoms with Gasteiger partial charge in [0.05, 0.1) is 0 Å². The zero-order valence-corrected chi connectivity index (χ0v) is 13.4. The molecule has 0 aliphatic carbocycles. The van der Waals surface area contributed by atoms with Crippen LogP contribution in [0.3, 0.4) is 0 Å². The SMILES string of the molecule is CC.CCCCC.CCCCC.CN.CN. The van der Waals surface area contributed by atoms with Crippen molar-refractivity contribution in [2.75, 3.05) is 14.1 Å². The Morgan fingerprint density at radius 1 is 0.500 bits per heavy atom. The molecule has 0 spiro atoms. The lowest BCUT2D eigenvalue weighted by molar-refractivity contribution is 0.772. The standard InChI is InChI=1S/2C5H12.C2H6.2CH5N/c2*1-3-5-4-2;3*1-2/h2*3-5H2,1-2H3;1-2H3;2*2H2,1H3. The fourth-order valence-electron chi connectivity index (χ4n) is 0.707. The number of unbranched alkanes of at least 4 members (excludes halogenated alkanes) is 4. The van der Waals surface area contributed by atoms with E-state index in [2.05, 4.69) is 39.2 Å². The average molecular weight is 236 g/mol. The van der Waals surface area contributed by atoms with Crippen LogP contribution in [0.4, 0.5) is 0 Å². The first-order valence-corrected chi connectivity index (χ1v) is 6.98. The Balaban J connectivity index is -0.0000000345. The van der Waals surface area contributed by atoms with Gasteiger partial charge in [0.1, 0.15) is 0 Å². The zero-order valence-electron chi connectivity index (χ0n) is 13.4. The summed E-state index contributed by atoms with van der Waals surface area (Å²) < 4.78 is 0. The third-order valence-corrected chi connectivity index (χ3v) is 1.41. The fraction of sp³-hybridized carbons (Fsp3) is 1.00. The molecule has 0 aromatic rings. The van der Waals surface area contributed by atoms with Gasteiger partial charge in [-0.1, -0.05) is 80.1 Å². The molecule has 0 atom stereocenters. The molecule has 0 unspecified atom stereocenters. The van der Waals surface area contributed by atoms with Gasteiger partial charge >= 0.3 is 0 Å². The fourth-order valence-corrected chi connectivity index (χ4v) is 0.707. The van der Waals surface area contributed by atoms with E-state index in [4.69, 9.17) is 0 Å². The van der Waals surface area contributed by atoms with Gasteiger partial charge in [0.15, 0.2) is 0 Å². The molecular formula is C14H40N2. The third-order valence-electron chi connectivity index (χ3n) is 1.41. The summed E-state index contributed by atoms with van der Waals surface area (Å²) in [6.45, 7) is 12.8. The van der Waals surface area contributed by atoms with Gasteiger partial charge in [-0.25, -0.2) is 0 Å². The van der Waals surface area contributed by atoms with Crippen molar-refractivity contribution < 1.29 is 0 Å². The lowest BCUT2D eigenvalue weighted by atomic mass is 10.3. The Labute approximate surface area is 106 Å². The van der Waals surface area contributed by atoms with Gasteiger partial charge in [-0.15, -0.1) is 0 Å². The van der Waals surface area contributed by atoms with E-state index >= 15 is 0 Å². The monoisotopic (exact) mass is 236 g/mol. The van der Waals surface area contributed by atoms with Gasteiger partial charge in [0, 0.05) is 0 Å². The number of hydrogen-bond donors (Lipinski definition) is 2. The highest BCUT2D eigenvalue weighted by atomic mass is 14.4. The Morgan fingerprint density at radius 2 is 0.625 bits per heavy atom. The zero-order chi connectivity index (χ0) is 14.2.